The van der Waals surface area contributed by atoms with E-state index in [1.807, 2.05) is 0 Å². The van der Waals surface area contributed by atoms with Crippen molar-refractivity contribution in [3.05, 3.63) is 89.5 Å². The second-order valence-corrected chi connectivity index (χ2v) is 7.91. The van der Waals surface area contributed by atoms with Crippen molar-refractivity contribution < 1.29 is 46.5 Å². The van der Waals surface area contributed by atoms with E-state index < -0.39 is 30.0 Å². The monoisotopic (exact) mass is 544 g/mol. The molecule has 204 valence electrons. The predicted molar refractivity (Wildman–Crippen MR) is 135 cm³/mol. The first-order chi connectivity index (χ1) is 18.5. The van der Waals surface area contributed by atoms with E-state index in [0.29, 0.717) is 16.9 Å². The van der Waals surface area contributed by atoms with Gasteiger partial charge in [-0.05, 0) is 66.2 Å². The van der Waals surface area contributed by atoms with E-state index in [1.54, 1.807) is 12.1 Å². The standard InChI is InChI=1S/C27H23F3N2O7/c28-27(29,30)39-23-9-5-18(6-10-23)26(35)38-22-7-2-17(3-8-22)4-11-24(33)36-12-1-13-37-25(34)19-14-20(31)16-21(32)15-19/h2-11,14-16H,1,12-13,31-32H2/b11-4+. The molecule has 0 atom stereocenters. The summed E-state index contributed by atoms with van der Waals surface area (Å²) in [6.07, 6.45) is -1.87. The molecule has 0 fully saturated rings. The molecule has 0 aliphatic rings. The molecule has 0 aliphatic heterocycles. The van der Waals surface area contributed by atoms with Gasteiger partial charge < -0.3 is 30.4 Å². The summed E-state index contributed by atoms with van der Waals surface area (Å²) < 4.78 is 55.8. The van der Waals surface area contributed by atoms with Crippen LogP contribution in [0.15, 0.2) is 72.8 Å². The second-order valence-electron chi connectivity index (χ2n) is 7.91. The SMILES string of the molecule is Nc1cc(N)cc(C(=O)OCCCOC(=O)/C=C/c2ccc(OC(=O)c3ccc(OC(F)(F)F)cc3)cc2)c1. The highest BCUT2D eigenvalue weighted by atomic mass is 19.4. The van der Waals surface area contributed by atoms with Gasteiger partial charge in [-0.25, -0.2) is 14.4 Å². The van der Waals surface area contributed by atoms with Crippen LogP contribution in [0.4, 0.5) is 24.5 Å². The molecule has 0 heterocycles. The van der Waals surface area contributed by atoms with Crippen molar-refractivity contribution in [3.63, 3.8) is 0 Å². The number of ether oxygens (including phenoxy) is 4. The van der Waals surface area contributed by atoms with Crippen LogP contribution in [0.25, 0.3) is 6.08 Å². The molecule has 12 heteroatoms. The molecule has 0 aromatic heterocycles. The van der Waals surface area contributed by atoms with E-state index >= 15 is 0 Å². The van der Waals surface area contributed by atoms with Crippen LogP contribution in [-0.2, 0) is 14.3 Å². The topological polar surface area (TPSA) is 140 Å². The Bertz CT molecular complexity index is 1320. The molecule has 0 saturated carbocycles. The van der Waals surface area contributed by atoms with E-state index in [2.05, 4.69) is 4.74 Å². The predicted octanol–water partition coefficient (Wildman–Crippen LogP) is 4.77. The molecule has 3 rings (SSSR count). The number of hydrogen-bond donors (Lipinski definition) is 2. The van der Waals surface area contributed by atoms with E-state index in [4.69, 9.17) is 25.7 Å². The van der Waals surface area contributed by atoms with E-state index in [0.717, 1.165) is 24.3 Å². The maximum absolute atomic E-state index is 12.2. The van der Waals surface area contributed by atoms with Gasteiger partial charge in [-0.1, -0.05) is 12.1 Å². The van der Waals surface area contributed by atoms with Gasteiger partial charge in [0.1, 0.15) is 11.5 Å². The number of esters is 3. The maximum atomic E-state index is 12.2. The smallest absolute Gasteiger partial charge is 0.462 e. The van der Waals surface area contributed by atoms with Crippen LogP contribution in [0.2, 0.25) is 0 Å². The van der Waals surface area contributed by atoms with E-state index in [1.165, 1.54) is 42.5 Å². The highest BCUT2D eigenvalue weighted by Gasteiger charge is 2.31. The molecular weight excluding hydrogens is 521 g/mol. The number of rotatable bonds is 10. The average Bonchev–Trinajstić information content (AvgIpc) is 2.87. The minimum atomic E-state index is -4.83. The van der Waals surface area contributed by atoms with Crippen molar-refractivity contribution in [2.24, 2.45) is 0 Å². The minimum absolute atomic E-state index is 0.0215. The number of carbonyl (C=O) groups excluding carboxylic acids is 3. The van der Waals surface area contributed by atoms with Gasteiger partial charge in [0, 0.05) is 23.9 Å². The minimum Gasteiger partial charge on any atom is -0.462 e. The Morgan fingerprint density at radius 1 is 0.744 bits per heavy atom. The molecule has 0 aliphatic carbocycles. The fourth-order valence-corrected chi connectivity index (χ4v) is 3.09. The molecule has 0 spiro atoms. The van der Waals surface area contributed by atoms with Crippen LogP contribution in [-0.4, -0.2) is 37.5 Å². The third-order valence-corrected chi connectivity index (χ3v) is 4.81. The third-order valence-electron chi connectivity index (χ3n) is 4.81. The summed E-state index contributed by atoms with van der Waals surface area (Å²) in [5, 5.41) is 0. The molecule has 0 saturated heterocycles. The summed E-state index contributed by atoms with van der Waals surface area (Å²) in [5.41, 5.74) is 12.8. The lowest BCUT2D eigenvalue weighted by atomic mass is 10.2. The number of hydrogen-bond acceptors (Lipinski definition) is 9. The molecule has 0 radical (unpaired) electrons. The van der Waals surface area contributed by atoms with Crippen LogP contribution < -0.4 is 20.9 Å². The van der Waals surface area contributed by atoms with Crippen LogP contribution in [0, 0.1) is 0 Å². The van der Waals surface area contributed by atoms with Crippen molar-refractivity contribution in [2.75, 3.05) is 24.7 Å². The lowest BCUT2D eigenvalue weighted by Gasteiger charge is -2.09. The molecule has 9 nitrogen and oxygen atoms in total. The average molecular weight is 544 g/mol. The van der Waals surface area contributed by atoms with Crippen molar-refractivity contribution in [2.45, 2.75) is 12.8 Å². The summed E-state index contributed by atoms with van der Waals surface area (Å²) >= 11 is 0. The number of anilines is 2. The van der Waals surface area contributed by atoms with Gasteiger partial charge in [-0.2, -0.15) is 0 Å². The normalized spacial score (nSPS) is 11.2. The molecule has 4 N–H and O–H groups in total. The van der Waals surface area contributed by atoms with Crippen molar-refractivity contribution in [1.82, 2.24) is 0 Å². The summed E-state index contributed by atoms with van der Waals surface area (Å²) in [7, 11) is 0. The van der Waals surface area contributed by atoms with Gasteiger partial charge in [0.15, 0.2) is 0 Å². The first kappa shape index (κ1) is 28.6. The molecule has 0 bridgehead atoms. The third kappa shape index (κ3) is 9.76. The summed E-state index contributed by atoms with van der Waals surface area (Å²) in [5.74, 6) is -2.26. The lowest BCUT2D eigenvalue weighted by Crippen LogP contribution is -2.17. The Kier molecular flexibility index (Phi) is 9.52. The second kappa shape index (κ2) is 13.0. The summed E-state index contributed by atoms with van der Waals surface area (Å²) in [6, 6.07) is 14.8. The lowest BCUT2D eigenvalue weighted by molar-refractivity contribution is -0.274. The molecule has 3 aromatic rings. The Balaban J connectivity index is 1.38. The quantitative estimate of drug-likeness (QED) is 0.121. The van der Waals surface area contributed by atoms with E-state index in [9.17, 15) is 27.6 Å². The first-order valence-electron chi connectivity index (χ1n) is 11.3. The van der Waals surface area contributed by atoms with Crippen LogP contribution in [0.1, 0.15) is 32.7 Å². The molecule has 39 heavy (non-hydrogen) atoms. The van der Waals surface area contributed by atoms with Gasteiger partial charge in [-0.3, -0.25) is 0 Å². The fraction of sp³-hybridized carbons (Fsp3) is 0.148. The van der Waals surface area contributed by atoms with E-state index in [-0.39, 0.29) is 36.5 Å². The van der Waals surface area contributed by atoms with Crippen LogP contribution >= 0.6 is 0 Å². The van der Waals surface area contributed by atoms with Gasteiger partial charge in [-0.15, -0.1) is 13.2 Å². The van der Waals surface area contributed by atoms with Crippen LogP contribution in [0.3, 0.4) is 0 Å². The summed E-state index contributed by atoms with van der Waals surface area (Å²) in [4.78, 5) is 36.1. The summed E-state index contributed by atoms with van der Waals surface area (Å²) in [6.45, 7) is 0.0455. The number of halogens is 3. The Morgan fingerprint density at radius 3 is 1.95 bits per heavy atom. The van der Waals surface area contributed by atoms with Gasteiger partial charge in [0.2, 0.25) is 0 Å². The number of alkyl halides is 3. The first-order valence-corrected chi connectivity index (χ1v) is 11.3. The van der Waals surface area contributed by atoms with Gasteiger partial charge in [0.25, 0.3) is 0 Å². The highest BCUT2D eigenvalue weighted by Crippen LogP contribution is 2.23. The zero-order chi connectivity index (χ0) is 28.4. The largest absolute Gasteiger partial charge is 0.573 e. The Hall–Kier alpha value is -5.00. The number of benzene rings is 3. The Labute approximate surface area is 220 Å². The molecule has 0 unspecified atom stereocenters. The zero-order valence-electron chi connectivity index (χ0n) is 20.3. The van der Waals surface area contributed by atoms with Crippen molar-refractivity contribution >= 4 is 35.4 Å². The number of nitrogen functional groups attached to an aromatic ring is 2. The van der Waals surface area contributed by atoms with Gasteiger partial charge >= 0.3 is 24.3 Å². The molecular formula is C27H23F3N2O7. The number of carbonyl (C=O) groups is 3. The van der Waals surface area contributed by atoms with Crippen molar-refractivity contribution in [3.8, 4) is 11.5 Å². The van der Waals surface area contributed by atoms with Gasteiger partial charge in [0.05, 0.1) is 24.3 Å². The highest BCUT2D eigenvalue weighted by molar-refractivity contribution is 5.92. The zero-order valence-corrected chi connectivity index (χ0v) is 20.3. The fourth-order valence-electron chi connectivity index (χ4n) is 3.09. The maximum Gasteiger partial charge on any atom is 0.573 e. The van der Waals surface area contributed by atoms with Crippen molar-refractivity contribution in [1.29, 1.82) is 0 Å². The Morgan fingerprint density at radius 2 is 1.33 bits per heavy atom. The molecule has 3 aromatic carbocycles. The van der Waals surface area contributed by atoms with Crippen LogP contribution in [0.5, 0.6) is 11.5 Å². The molecule has 0 amide bonds. The number of nitrogens with two attached hydrogens (primary N) is 2.